The number of nitrogens with zero attached hydrogens (tertiary/aromatic N) is 4. The van der Waals surface area contributed by atoms with Gasteiger partial charge in [0.1, 0.15) is 5.75 Å². The first-order valence-corrected chi connectivity index (χ1v) is 10.8. The third-order valence-corrected chi connectivity index (χ3v) is 5.91. The molecule has 0 radical (unpaired) electrons. The van der Waals surface area contributed by atoms with E-state index < -0.39 is 0 Å². The minimum Gasteiger partial charge on any atom is -0.497 e. The quantitative estimate of drug-likeness (QED) is 0.348. The Morgan fingerprint density at radius 2 is 1.83 bits per heavy atom. The molecule has 0 aliphatic carbocycles. The molecule has 2 heterocycles. The van der Waals surface area contributed by atoms with Crippen molar-refractivity contribution in [1.82, 2.24) is 20.0 Å². The van der Waals surface area contributed by atoms with Crippen LogP contribution in [-0.2, 0) is 4.79 Å². The van der Waals surface area contributed by atoms with Crippen molar-refractivity contribution in [3.05, 3.63) is 29.8 Å². The third-order valence-electron chi connectivity index (χ3n) is 5.91. The first kappa shape index (κ1) is 24.7. The Kier molecular flexibility index (Phi) is 10.2. The standard InChI is InChI=1S/C22H35N5O2.HI/c1-4-23-22(24-10-12-25-13-15-26(16-14-25)18(2)28)27-11-9-20(17-27)19-5-7-21(29-3)8-6-19;/h5-8,20H,4,9-17H2,1-3H3,(H,23,24);1H. The Hall–Kier alpha value is -1.55. The molecule has 1 aromatic rings. The highest BCUT2D eigenvalue weighted by molar-refractivity contribution is 14.0. The number of amides is 1. The minimum atomic E-state index is 0. The van der Waals surface area contributed by atoms with Gasteiger partial charge < -0.3 is 19.9 Å². The van der Waals surface area contributed by atoms with Gasteiger partial charge in [0, 0.05) is 65.2 Å². The molecular weight excluding hydrogens is 493 g/mol. The monoisotopic (exact) mass is 529 g/mol. The molecule has 1 aromatic carbocycles. The number of guanidine groups is 1. The Morgan fingerprint density at radius 1 is 1.13 bits per heavy atom. The number of piperazine rings is 1. The van der Waals surface area contributed by atoms with Crippen LogP contribution < -0.4 is 10.1 Å². The number of methoxy groups -OCH3 is 1. The molecular formula is C22H36IN5O2. The lowest BCUT2D eigenvalue weighted by Gasteiger charge is -2.33. The molecule has 1 unspecified atom stereocenters. The fourth-order valence-corrected chi connectivity index (χ4v) is 4.11. The maximum atomic E-state index is 11.5. The van der Waals surface area contributed by atoms with Crippen molar-refractivity contribution in [3.63, 3.8) is 0 Å². The number of aliphatic imine (C=N–C) groups is 1. The second kappa shape index (κ2) is 12.3. The van der Waals surface area contributed by atoms with E-state index in [4.69, 9.17) is 9.73 Å². The second-order valence-electron chi connectivity index (χ2n) is 7.79. The van der Waals surface area contributed by atoms with Gasteiger partial charge in [0.2, 0.25) is 5.91 Å². The summed E-state index contributed by atoms with van der Waals surface area (Å²) in [5.74, 6) is 2.63. The van der Waals surface area contributed by atoms with Gasteiger partial charge >= 0.3 is 0 Å². The average molecular weight is 529 g/mol. The highest BCUT2D eigenvalue weighted by atomic mass is 127. The molecule has 3 rings (SSSR count). The van der Waals surface area contributed by atoms with Gasteiger partial charge in [0.05, 0.1) is 13.7 Å². The highest BCUT2D eigenvalue weighted by Crippen LogP contribution is 2.28. The fraction of sp³-hybridized carbons (Fsp3) is 0.636. The van der Waals surface area contributed by atoms with E-state index >= 15 is 0 Å². The van der Waals surface area contributed by atoms with Gasteiger partial charge in [0.15, 0.2) is 5.96 Å². The molecule has 0 spiro atoms. The van der Waals surface area contributed by atoms with Crippen molar-refractivity contribution >= 4 is 35.8 Å². The predicted molar refractivity (Wildman–Crippen MR) is 132 cm³/mol. The summed E-state index contributed by atoms with van der Waals surface area (Å²) in [5, 5.41) is 3.46. The molecule has 2 saturated heterocycles. The predicted octanol–water partition coefficient (Wildman–Crippen LogP) is 2.23. The molecule has 2 aliphatic rings. The lowest BCUT2D eigenvalue weighted by Crippen LogP contribution is -2.48. The van der Waals surface area contributed by atoms with Gasteiger partial charge in [-0.05, 0) is 31.0 Å². The summed E-state index contributed by atoms with van der Waals surface area (Å²) >= 11 is 0. The number of nitrogens with one attached hydrogen (secondary N) is 1. The van der Waals surface area contributed by atoms with Crippen LogP contribution in [0, 0.1) is 0 Å². The number of carbonyl (C=O) groups excluding carboxylic acids is 1. The van der Waals surface area contributed by atoms with E-state index in [1.807, 2.05) is 17.0 Å². The molecule has 2 fully saturated rings. The van der Waals surface area contributed by atoms with E-state index in [-0.39, 0.29) is 29.9 Å². The summed E-state index contributed by atoms with van der Waals surface area (Å²) in [5.41, 5.74) is 1.37. The number of benzene rings is 1. The summed E-state index contributed by atoms with van der Waals surface area (Å²) < 4.78 is 5.27. The lowest BCUT2D eigenvalue weighted by molar-refractivity contribution is -0.130. The van der Waals surface area contributed by atoms with Gasteiger partial charge in [-0.25, -0.2) is 0 Å². The van der Waals surface area contributed by atoms with E-state index in [1.165, 1.54) is 5.56 Å². The maximum absolute atomic E-state index is 11.5. The van der Waals surface area contributed by atoms with Gasteiger partial charge in [-0.15, -0.1) is 24.0 Å². The van der Waals surface area contributed by atoms with Crippen molar-refractivity contribution in [2.75, 3.05) is 66.0 Å². The normalized spacial score (nSPS) is 20.1. The molecule has 1 amide bonds. The number of likely N-dealkylation sites (tertiary alicyclic amines) is 1. The number of hydrogen-bond donors (Lipinski definition) is 1. The van der Waals surface area contributed by atoms with E-state index in [1.54, 1.807) is 14.0 Å². The summed E-state index contributed by atoms with van der Waals surface area (Å²) in [6.07, 6.45) is 1.14. The Labute approximate surface area is 197 Å². The smallest absolute Gasteiger partial charge is 0.219 e. The van der Waals surface area contributed by atoms with Gasteiger partial charge in [-0.1, -0.05) is 12.1 Å². The van der Waals surface area contributed by atoms with Gasteiger partial charge in [-0.2, -0.15) is 0 Å². The van der Waals surface area contributed by atoms with E-state index in [0.29, 0.717) is 5.92 Å². The Bertz CT molecular complexity index is 689. The van der Waals surface area contributed by atoms with Crippen LogP contribution in [0.25, 0.3) is 0 Å². The highest BCUT2D eigenvalue weighted by Gasteiger charge is 2.26. The zero-order valence-corrected chi connectivity index (χ0v) is 20.8. The zero-order valence-electron chi connectivity index (χ0n) is 18.5. The van der Waals surface area contributed by atoms with Crippen LogP contribution in [0.5, 0.6) is 5.75 Å². The van der Waals surface area contributed by atoms with Crippen LogP contribution in [0.1, 0.15) is 31.7 Å². The maximum Gasteiger partial charge on any atom is 0.219 e. The molecule has 1 atom stereocenters. The Morgan fingerprint density at radius 3 is 2.43 bits per heavy atom. The third kappa shape index (κ3) is 6.73. The van der Waals surface area contributed by atoms with Crippen molar-refractivity contribution in [1.29, 1.82) is 0 Å². The molecule has 30 heavy (non-hydrogen) atoms. The molecule has 1 N–H and O–H groups in total. The summed E-state index contributed by atoms with van der Waals surface area (Å²) in [6, 6.07) is 8.45. The summed E-state index contributed by atoms with van der Waals surface area (Å²) in [7, 11) is 1.70. The zero-order chi connectivity index (χ0) is 20.6. The number of ether oxygens (including phenoxy) is 1. The Balaban J connectivity index is 0.00000320. The van der Waals surface area contributed by atoms with Crippen LogP contribution >= 0.6 is 24.0 Å². The van der Waals surface area contributed by atoms with Crippen molar-refractivity contribution < 1.29 is 9.53 Å². The second-order valence-corrected chi connectivity index (χ2v) is 7.79. The minimum absolute atomic E-state index is 0. The molecule has 8 heteroatoms. The van der Waals surface area contributed by atoms with Crippen LogP contribution in [0.3, 0.4) is 0 Å². The fourth-order valence-electron chi connectivity index (χ4n) is 4.11. The lowest BCUT2D eigenvalue weighted by atomic mass is 9.98. The van der Waals surface area contributed by atoms with Crippen LogP contribution in [0.15, 0.2) is 29.3 Å². The molecule has 0 aromatic heterocycles. The summed E-state index contributed by atoms with van der Waals surface area (Å²) in [4.78, 5) is 23.0. The number of halogens is 1. The topological polar surface area (TPSA) is 60.4 Å². The summed E-state index contributed by atoms with van der Waals surface area (Å²) in [6.45, 7) is 11.9. The first-order valence-electron chi connectivity index (χ1n) is 10.8. The molecule has 0 saturated carbocycles. The van der Waals surface area contributed by atoms with E-state index in [0.717, 1.165) is 77.0 Å². The van der Waals surface area contributed by atoms with E-state index in [9.17, 15) is 4.79 Å². The van der Waals surface area contributed by atoms with Crippen molar-refractivity contribution in [3.8, 4) is 5.75 Å². The largest absolute Gasteiger partial charge is 0.497 e. The number of carbonyl (C=O) groups is 1. The molecule has 0 bridgehead atoms. The average Bonchev–Trinajstić information content (AvgIpc) is 3.23. The molecule has 2 aliphatic heterocycles. The SMILES string of the molecule is CCNC(=NCCN1CCN(C(C)=O)CC1)N1CCC(c2ccc(OC)cc2)C1.I. The van der Waals surface area contributed by atoms with Gasteiger partial charge in [0.25, 0.3) is 0 Å². The van der Waals surface area contributed by atoms with Crippen molar-refractivity contribution in [2.45, 2.75) is 26.2 Å². The van der Waals surface area contributed by atoms with Crippen LogP contribution in [0.2, 0.25) is 0 Å². The van der Waals surface area contributed by atoms with Crippen LogP contribution in [-0.4, -0.2) is 92.6 Å². The number of rotatable bonds is 6. The first-order chi connectivity index (χ1) is 14.1. The molecule has 168 valence electrons. The molecule has 7 nitrogen and oxygen atoms in total. The van der Waals surface area contributed by atoms with Crippen molar-refractivity contribution in [2.24, 2.45) is 4.99 Å². The van der Waals surface area contributed by atoms with E-state index in [2.05, 4.69) is 34.2 Å². The number of hydrogen-bond acceptors (Lipinski definition) is 4. The van der Waals surface area contributed by atoms with Gasteiger partial charge in [-0.3, -0.25) is 14.7 Å². The van der Waals surface area contributed by atoms with Crippen LogP contribution in [0.4, 0.5) is 0 Å².